The molecule has 17 heavy (non-hydrogen) atoms. The van der Waals surface area contributed by atoms with Crippen LogP contribution in [0.15, 0.2) is 35.7 Å². The van der Waals surface area contributed by atoms with E-state index in [9.17, 15) is 21.6 Å². The molecule has 0 aliphatic carbocycles. The van der Waals surface area contributed by atoms with E-state index in [-0.39, 0.29) is 4.90 Å². The van der Waals surface area contributed by atoms with Gasteiger partial charge < -0.3 is 0 Å². The summed E-state index contributed by atoms with van der Waals surface area (Å²) in [5.41, 5.74) is -4.77. The highest BCUT2D eigenvalue weighted by molar-refractivity contribution is 8.64. The molecular formula is C9H8F3NO2S2. The minimum atomic E-state index is -5.48. The van der Waals surface area contributed by atoms with Gasteiger partial charge in [-0.1, -0.05) is 24.8 Å². The van der Waals surface area contributed by atoms with Crippen molar-refractivity contribution in [3.8, 4) is 0 Å². The lowest BCUT2D eigenvalue weighted by Crippen LogP contribution is -2.26. The van der Waals surface area contributed by atoms with Crippen LogP contribution in [0.2, 0.25) is 0 Å². The Morgan fingerprint density at radius 2 is 1.71 bits per heavy atom. The van der Waals surface area contributed by atoms with E-state index in [1.54, 1.807) is 0 Å². The zero-order valence-corrected chi connectivity index (χ0v) is 9.99. The van der Waals surface area contributed by atoms with Gasteiger partial charge in [0.1, 0.15) is 0 Å². The zero-order chi connectivity index (χ0) is 13.3. The van der Waals surface area contributed by atoms with Crippen molar-refractivity contribution in [3.63, 3.8) is 0 Å². The molecule has 0 aliphatic rings. The highest BCUT2D eigenvalue weighted by Gasteiger charge is 2.48. The maximum Gasteiger partial charge on any atom is 0.508 e. The second kappa shape index (κ2) is 4.61. The summed E-state index contributed by atoms with van der Waals surface area (Å²) in [5.74, 6) is 0. The lowest BCUT2D eigenvalue weighted by Gasteiger charge is -2.10. The van der Waals surface area contributed by atoms with Gasteiger partial charge in [-0.05, 0) is 17.7 Å². The summed E-state index contributed by atoms with van der Waals surface area (Å²) in [7, 11) is -8.14. The molecule has 0 fully saturated rings. The summed E-state index contributed by atoms with van der Waals surface area (Å²) in [4.78, 5) is -0.201. The van der Waals surface area contributed by atoms with Gasteiger partial charge in [-0.2, -0.15) is 13.2 Å². The Labute approximate surface area is 98.2 Å². The molecule has 0 saturated carbocycles. The Kier molecular flexibility index (Phi) is 3.78. The van der Waals surface area contributed by atoms with Crippen LogP contribution < -0.4 is 0 Å². The zero-order valence-electron chi connectivity index (χ0n) is 8.36. The van der Waals surface area contributed by atoms with Crippen molar-refractivity contribution in [1.29, 1.82) is 4.78 Å². The first-order valence-electron chi connectivity index (χ1n) is 4.20. The summed E-state index contributed by atoms with van der Waals surface area (Å²) < 4.78 is 65.8. The van der Waals surface area contributed by atoms with E-state index in [1.165, 1.54) is 30.3 Å². The highest BCUT2D eigenvalue weighted by atomic mass is 33.2. The second-order valence-electron chi connectivity index (χ2n) is 2.94. The largest absolute Gasteiger partial charge is 0.508 e. The number of nitrogens with one attached hydrogen (secondary N) is 1. The third-order valence-electron chi connectivity index (χ3n) is 1.83. The predicted molar refractivity (Wildman–Crippen MR) is 59.9 cm³/mol. The van der Waals surface area contributed by atoms with Gasteiger partial charge in [-0.25, -0.2) is 8.42 Å². The molecular weight excluding hydrogens is 275 g/mol. The van der Waals surface area contributed by atoms with E-state index in [0.717, 1.165) is 0 Å². The average molecular weight is 283 g/mol. The lowest BCUT2D eigenvalue weighted by atomic mass is 10.2. The van der Waals surface area contributed by atoms with Gasteiger partial charge in [0.05, 0.1) is 9.72 Å². The van der Waals surface area contributed by atoms with Crippen molar-refractivity contribution in [3.05, 3.63) is 36.4 Å². The Morgan fingerprint density at radius 1 is 1.24 bits per heavy atom. The van der Waals surface area contributed by atoms with Crippen LogP contribution in [0.4, 0.5) is 13.2 Å². The monoisotopic (exact) mass is 283 g/mol. The molecule has 0 saturated heterocycles. The fourth-order valence-electron chi connectivity index (χ4n) is 0.949. The number of alkyl halides is 3. The van der Waals surface area contributed by atoms with Gasteiger partial charge >= 0.3 is 14.4 Å². The van der Waals surface area contributed by atoms with Crippen molar-refractivity contribution in [2.75, 3.05) is 0 Å². The molecule has 0 amide bonds. The van der Waals surface area contributed by atoms with Gasteiger partial charge in [0.15, 0.2) is 0 Å². The number of rotatable bonds is 3. The SMILES string of the molecule is C=Cc1ccc(S(=N)S(=O)(=O)C(F)(F)F)cc1. The summed E-state index contributed by atoms with van der Waals surface area (Å²) in [5, 5.41) is 0. The molecule has 0 heterocycles. The van der Waals surface area contributed by atoms with Crippen molar-refractivity contribution in [2.45, 2.75) is 10.4 Å². The van der Waals surface area contributed by atoms with Crippen LogP contribution in [0.3, 0.4) is 0 Å². The maximum atomic E-state index is 12.2. The van der Waals surface area contributed by atoms with Gasteiger partial charge in [0, 0.05) is 4.90 Å². The Hall–Kier alpha value is -1.15. The molecule has 0 aliphatic heterocycles. The molecule has 0 spiro atoms. The Bertz CT molecular complexity index is 547. The molecule has 0 radical (unpaired) electrons. The number of hydrogen-bond donors (Lipinski definition) is 1. The topological polar surface area (TPSA) is 58.0 Å². The first-order valence-corrected chi connectivity index (χ1v) is 7.42. The van der Waals surface area contributed by atoms with Gasteiger partial charge in [0.2, 0.25) is 0 Å². The fraction of sp³-hybridized carbons (Fsp3) is 0.111. The molecule has 1 aromatic carbocycles. The van der Waals surface area contributed by atoms with Gasteiger partial charge in [-0.15, -0.1) is 0 Å². The van der Waals surface area contributed by atoms with E-state index in [0.29, 0.717) is 5.56 Å². The average Bonchev–Trinajstić information content (AvgIpc) is 2.26. The van der Waals surface area contributed by atoms with Crippen molar-refractivity contribution in [2.24, 2.45) is 0 Å². The number of hydrogen-bond acceptors (Lipinski definition) is 3. The van der Waals surface area contributed by atoms with Crippen LogP contribution in [0.1, 0.15) is 5.56 Å². The van der Waals surface area contributed by atoms with Crippen LogP contribution in [-0.4, -0.2) is 13.9 Å². The smallest absolute Gasteiger partial charge is 0.261 e. The summed E-state index contributed by atoms with van der Waals surface area (Å²) in [6.45, 7) is 3.45. The van der Waals surface area contributed by atoms with Crippen LogP contribution >= 0.6 is 0 Å². The third kappa shape index (κ3) is 2.75. The lowest BCUT2D eigenvalue weighted by molar-refractivity contribution is -0.0411. The van der Waals surface area contributed by atoms with E-state index in [1.807, 2.05) is 0 Å². The molecule has 1 N–H and O–H groups in total. The van der Waals surface area contributed by atoms with E-state index in [2.05, 4.69) is 6.58 Å². The van der Waals surface area contributed by atoms with Gasteiger partial charge in [0.25, 0.3) is 0 Å². The fourth-order valence-corrected chi connectivity index (χ4v) is 3.43. The Balaban J connectivity index is 3.18. The van der Waals surface area contributed by atoms with E-state index < -0.39 is 24.1 Å². The molecule has 0 bridgehead atoms. The first kappa shape index (κ1) is 13.9. The standard InChI is InChI=1S/C9H8F3NO2S2/c1-2-7-3-5-8(6-4-7)16(13)17(14,15)9(10,11)12/h2-6,13H,1H2. The highest BCUT2D eigenvalue weighted by Crippen LogP contribution is 2.30. The van der Waals surface area contributed by atoms with Crippen molar-refractivity contribution < 1.29 is 21.6 Å². The molecule has 0 aromatic heterocycles. The van der Waals surface area contributed by atoms with E-state index in [4.69, 9.17) is 4.78 Å². The normalized spacial score (nSPS) is 14.3. The van der Waals surface area contributed by atoms with Crippen LogP contribution in [0, 0.1) is 4.78 Å². The molecule has 1 unspecified atom stereocenters. The molecule has 1 rings (SSSR count). The van der Waals surface area contributed by atoms with Crippen LogP contribution in [0.25, 0.3) is 6.08 Å². The van der Waals surface area contributed by atoms with Crippen LogP contribution in [-0.2, 0) is 18.6 Å². The third-order valence-corrected chi connectivity index (χ3v) is 6.00. The summed E-state index contributed by atoms with van der Waals surface area (Å²) in [6, 6.07) is 5.17. The van der Waals surface area contributed by atoms with E-state index >= 15 is 0 Å². The number of halogens is 3. The molecule has 1 aromatic rings. The summed E-state index contributed by atoms with van der Waals surface area (Å²) in [6.07, 6.45) is 1.46. The van der Waals surface area contributed by atoms with Crippen LogP contribution in [0.5, 0.6) is 0 Å². The molecule has 94 valence electrons. The van der Waals surface area contributed by atoms with Crippen molar-refractivity contribution in [1.82, 2.24) is 0 Å². The first-order chi connectivity index (χ1) is 7.70. The summed E-state index contributed by atoms with van der Waals surface area (Å²) >= 11 is 0. The predicted octanol–water partition coefficient (Wildman–Crippen LogP) is 2.92. The quantitative estimate of drug-likeness (QED) is 0.867. The van der Waals surface area contributed by atoms with Gasteiger partial charge in [-0.3, -0.25) is 4.78 Å². The molecule has 1 atom stereocenters. The maximum absolute atomic E-state index is 12.2. The minimum absolute atomic E-state index is 0.201. The Morgan fingerprint density at radius 3 is 2.06 bits per heavy atom. The number of benzene rings is 1. The second-order valence-corrected chi connectivity index (χ2v) is 7.64. The molecule has 8 heteroatoms. The minimum Gasteiger partial charge on any atom is -0.261 e. The van der Waals surface area contributed by atoms with Crippen molar-refractivity contribution >= 4 is 24.7 Å². The molecule has 3 nitrogen and oxygen atoms in total.